The number of rotatable bonds is 2. The zero-order chi connectivity index (χ0) is 11.7. The first kappa shape index (κ1) is 10.4. The minimum Gasteiger partial charge on any atom is -0.399 e. The van der Waals surface area contributed by atoms with Gasteiger partial charge in [-0.1, -0.05) is 42.8 Å². The summed E-state index contributed by atoms with van der Waals surface area (Å²) in [6.45, 7) is 0. The molecule has 0 unspecified atom stereocenters. The van der Waals surface area contributed by atoms with Gasteiger partial charge in [0, 0.05) is 5.69 Å². The van der Waals surface area contributed by atoms with Gasteiger partial charge in [-0.05, 0) is 47.6 Å². The SMILES string of the molecule is Nc1ccc(-c2ccc(C3CCC3)cc2)cc1. The van der Waals surface area contributed by atoms with Crippen LogP contribution in [-0.4, -0.2) is 0 Å². The molecular weight excluding hydrogens is 206 g/mol. The summed E-state index contributed by atoms with van der Waals surface area (Å²) in [7, 11) is 0. The minimum absolute atomic E-state index is 0.815. The van der Waals surface area contributed by atoms with Crippen molar-refractivity contribution in [1.29, 1.82) is 0 Å². The molecule has 1 saturated carbocycles. The van der Waals surface area contributed by atoms with Crippen molar-refractivity contribution in [3.05, 3.63) is 54.1 Å². The van der Waals surface area contributed by atoms with Crippen molar-refractivity contribution in [2.75, 3.05) is 5.73 Å². The standard InChI is InChI=1S/C16H17N/c17-16-10-8-15(9-11-16)14-6-4-13(5-7-14)12-2-1-3-12/h4-12H,1-3,17H2. The zero-order valence-electron chi connectivity index (χ0n) is 9.89. The van der Waals surface area contributed by atoms with Crippen LogP contribution in [0.25, 0.3) is 11.1 Å². The van der Waals surface area contributed by atoms with Crippen molar-refractivity contribution in [3.63, 3.8) is 0 Å². The van der Waals surface area contributed by atoms with Crippen molar-refractivity contribution < 1.29 is 0 Å². The van der Waals surface area contributed by atoms with Crippen LogP contribution in [0.4, 0.5) is 5.69 Å². The molecule has 0 spiro atoms. The first-order chi connectivity index (χ1) is 8.33. The van der Waals surface area contributed by atoms with Crippen LogP contribution in [0.5, 0.6) is 0 Å². The molecule has 86 valence electrons. The summed E-state index contributed by atoms with van der Waals surface area (Å²) in [5.74, 6) is 0.815. The molecule has 2 aromatic carbocycles. The van der Waals surface area contributed by atoms with Gasteiger partial charge in [0.05, 0.1) is 0 Å². The Balaban J connectivity index is 1.86. The van der Waals surface area contributed by atoms with E-state index in [0.29, 0.717) is 0 Å². The number of anilines is 1. The van der Waals surface area contributed by atoms with Crippen molar-refractivity contribution in [2.45, 2.75) is 25.2 Å². The lowest BCUT2D eigenvalue weighted by Crippen LogP contribution is -2.08. The Labute approximate surface area is 102 Å². The van der Waals surface area contributed by atoms with Gasteiger partial charge in [-0.25, -0.2) is 0 Å². The van der Waals surface area contributed by atoms with Crippen LogP contribution >= 0.6 is 0 Å². The van der Waals surface area contributed by atoms with Gasteiger partial charge in [0.25, 0.3) is 0 Å². The van der Waals surface area contributed by atoms with E-state index in [1.165, 1.54) is 36.0 Å². The van der Waals surface area contributed by atoms with Crippen LogP contribution in [-0.2, 0) is 0 Å². The lowest BCUT2D eigenvalue weighted by atomic mass is 9.80. The summed E-state index contributed by atoms with van der Waals surface area (Å²) in [5, 5.41) is 0. The number of nitrogens with two attached hydrogens (primary N) is 1. The summed E-state index contributed by atoms with van der Waals surface area (Å²) < 4.78 is 0. The van der Waals surface area contributed by atoms with E-state index in [1.54, 1.807) is 0 Å². The van der Waals surface area contributed by atoms with Gasteiger partial charge in [-0.2, -0.15) is 0 Å². The average Bonchev–Trinajstić information content (AvgIpc) is 2.29. The van der Waals surface area contributed by atoms with E-state index in [0.717, 1.165) is 11.6 Å². The summed E-state index contributed by atoms with van der Waals surface area (Å²) >= 11 is 0. The monoisotopic (exact) mass is 223 g/mol. The topological polar surface area (TPSA) is 26.0 Å². The molecule has 2 aromatic rings. The van der Waals surface area contributed by atoms with Crippen LogP contribution in [0.1, 0.15) is 30.7 Å². The van der Waals surface area contributed by atoms with Gasteiger partial charge in [0.2, 0.25) is 0 Å². The van der Waals surface area contributed by atoms with Gasteiger partial charge >= 0.3 is 0 Å². The normalized spacial score (nSPS) is 15.5. The van der Waals surface area contributed by atoms with E-state index in [-0.39, 0.29) is 0 Å². The Hall–Kier alpha value is -1.76. The molecule has 1 heteroatoms. The highest BCUT2D eigenvalue weighted by atomic mass is 14.5. The van der Waals surface area contributed by atoms with Crippen molar-refractivity contribution >= 4 is 5.69 Å². The van der Waals surface area contributed by atoms with Crippen molar-refractivity contribution in [3.8, 4) is 11.1 Å². The highest BCUT2D eigenvalue weighted by Gasteiger charge is 2.18. The molecule has 3 rings (SSSR count). The predicted octanol–water partition coefficient (Wildman–Crippen LogP) is 4.20. The van der Waals surface area contributed by atoms with E-state index >= 15 is 0 Å². The molecule has 0 heterocycles. The third-order valence-electron chi connectivity index (χ3n) is 3.73. The minimum atomic E-state index is 0.815. The molecule has 0 aromatic heterocycles. The second-order valence-electron chi connectivity index (χ2n) is 4.87. The summed E-state index contributed by atoms with van der Waals surface area (Å²) in [5.41, 5.74) is 10.5. The molecular formula is C16H17N. The molecule has 1 fully saturated rings. The van der Waals surface area contributed by atoms with Gasteiger partial charge in [-0.3, -0.25) is 0 Å². The molecule has 0 atom stereocenters. The Morgan fingerprint density at radius 2 is 1.29 bits per heavy atom. The summed E-state index contributed by atoms with van der Waals surface area (Å²) in [6, 6.07) is 17.1. The molecule has 0 aliphatic heterocycles. The van der Waals surface area contributed by atoms with Crippen LogP contribution in [0, 0.1) is 0 Å². The van der Waals surface area contributed by atoms with E-state index < -0.39 is 0 Å². The second-order valence-corrected chi connectivity index (χ2v) is 4.87. The largest absolute Gasteiger partial charge is 0.399 e. The second kappa shape index (κ2) is 4.25. The van der Waals surface area contributed by atoms with Gasteiger partial charge in [0.1, 0.15) is 0 Å². The molecule has 17 heavy (non-hydrogen) atoms. The number of hydrogen-bond donors (Lipinski definition) is 1. The zero-order valence-corrected chi connectivity index (χ0v) is 9.89. The van der Waals surface area contributed by atoms with Gasteiger partial charge in [0.15, 0.2) is 0 Å². The molecule has 1 nitrogen and oxygen atoms in total. The molecule has 0 saturated heterocycles. The van der Waals surface area contributed by atoms with Gasteiger partial charge < -0.3 is 5.73 Å². The maximum Gasteiger partial charge on any atom is 0.0314 e. The van der Waals surface area contributed by atoms with Crippen LogP contribution in [0.15, 0.2) is 48.5 Å². The molecule has 2 N–H and O–H groups in total. The molecule has 1 aliphatic rings. The van der Waals surface area contributed by atoms with E-state index in [1.807, 2.05) is 12.1 Å². The Morgan fingerprint density at radius 1 is 0.765 bits per heavy atom. The number of hydrogen-bond acceptors (Lipinski definition) is 1. The van der Waals surface area contributed by atoms with E-state index in [9.17, 15) is 0 Å². The Morgan fingerprint density at radius 3 is 1.76 bits per heavy atom. The van der Waals surface area contributed by atoms with Crippen molar-refractivity contribution in [1.82, 2.24) is 0 Å². The maximum absolute atomic E-state index is 5.69. The summed E-state index contributed by atoms with van der Waals surface area (Å²) in [4.78, 5) is 0. The molecule has 0 bridgehead atoms. The Kier molecular flexibility index (Phi) is 2.60. The molecule has 0 radical (unpaired) electrons. The summed E-state index contributed by atoms with van der Waals surface area (Å²) in [6.07, 6.45) is 4.12. The van der Waals surface area contributed by atoms with Crippen LogP contribution < -0.4 is 5.73 Å². The van der Waals surface area contributed by atoms with Crippen LogP contribution in [0.3, 0.4) is 0 Å². The lowest BCUT2D eigenvalue weighted by molar-refractivity contribution is 0.420. The number of nitrogen functional groups attached to an aromatic ring is 1. The first-order valence-corrected chi connectivity index (χ1v) is 6.29. The van der Waals surface area contributed by atoms with Crippen molar-refractivity contribution in [2.24, 2.45) is 0 Å². The highest BCUT2D eigenvalue weighted by Crippen LogP contribution is 2.36. The van der Waals surface area contributed by atoms with Crippen LogP contribution in [0.2, 0.25) is 0 Å². The van der Waals surface area contributed by atoms with E-state index in [2.05, 4.69) is 36.4 Å². The Bertz CT molecular complexity index is 492. The highest BCUT2D eigenvalue weighted by molar-refractivity contribution is 5.65. The predicted molar refractivity (Wildman–Crippen MR) is 72.9 cm³/mol. The fourth-order valence-corrected chi connectivity index (χ4v) is 2.36. The molecule has 0 amide bonds. The maximum atomic E-state index is 5.69. The lowest BCUT2D eigenvalue weighted by Gasteiger charge is -2.25. The first-order valence-electron chi connectivity index (χ1n) is 6.29. The third-order valence-corrected chi connectivity index (χ3v) is 3.73. The quantitative estimate of drug-likeness (QED) is 0.758. The fourth-order valence-electron chi connectivity index (χ4n) is 2.36. The smallest absolute Gasteiger partial charge is 0.0314 e. The van der Waals surface area contributed by atoms with Gasteiger partial charge in [-0.15, -0.1) is 0 Å². The third kappa shape index (κ3) is 2.05. The fraction of sp³-hybridized carbons (Fsp3) is 0.250. The van der Waals surface area contributed by atoms with E-state index in [4.69, 9.17) is 5.73 Å². The number of benzene rings is 2. The molecule has 1 aliphatic carbocycles. The average molecular weight is 223 g/mol.